The molecule has 2 aromatic carbocycles. The maximum atomic E-state index is 12.9. The highest BCUT2D eigenvalue weighted by Crippen LogP contribution is 2.31. The average Bonchev–Trinajstić information content (AvgIpc) is 3.46. The molecule has 4 aromatic rings. The summed E-state index contributed by atoms with van der Waals surface area (Å²) in [4.78, 5) is 12.9. The Morgan fingerprint density at radius 2 is 1.93 bits per heavy atom. The second kappa shape index (κ2) is 7.65. The van der Waals surface area contributed by atoms with Crippen LogP contribution in [0, 0.1) is 13.8 Å². The number of benzene rings is 2. The van der Waals surface area contributed by atoms with Crippen LogP contribution in [-0.2, 0) is 11.3 Å². The summed E-state index contributed by atoms with van der Waals surface area (Å²) in [5, 5.41) is 2.03. The Kier molecular flexibility index (Phi) is 4.83. The molecular weight excluding hydrogens is 378 g/mol. The number of carbonyl (C=O) groups is 1. The molecule has 5 heteroatoms. The minimum absolute atomic E-state index is 0.00547. The van der Waals surface area contributed by atoms with Gasteiger partial charge in [0.15, 0.2) is 6.61 Å². The van der Waals surface area contributed by atoms with Crippen molar-refractivity contribution in [2.45, 2.75) is 39.3 Å². The van der Waals surface area contributed by atoms with E-state index in [1.54, 1.807) is 0 Å². The molecule has 0 N–H and O–H groups in total. The summed E-state index contributed by atoms with van der Waals surface area (Å²) in [5.41, 5.74) is 4.44. The number of hydrogen-bond donors (Lipinski definition) is 0. The van der Waals surface area contributed by atoms with E-state index >= 15 is 0 Å². The Morgan fingerprint density at radius 1 is 1.10 bits per heavy atom. The van der Waals surface area contributed by atoms with Crippen LogP contribution in [0.4, 0.5) is 0 Å². The Balaban J connectivity index is 1.33. The lowest BCUT2D eigenvalue weighted by Crippen LogP contribution is -2.18. The van der Waals surface area contributed by atoms with Crippen molar-refractivity contribution in [2.24, 2.45) is 0 Å². The van der Waals surface area contributed by atoms with E-state index in [4.69, 9.17) is 13.9 Å². The summed E-state index contributed by atoms with van der Waals surface area (Å²) in [5.74, 6) is 0.648. The SMILES string of the molecule is Cc1cc(C(=O)COc2ccc3oc4ccccc4c3c2)c(C)n1C[C@H]1CCCO1. The molecule has 0 unspecified atom stereocenters. The lowest BCUT2D eigenvalue weighted by Gasteiger charge is -2.14. The molecule has 0 bridgehead atoms. The van der Waals surface area contributed by atoms with Gasteiger partial charge < -0.3 is 18.5 Å². The average molecular weight is 403 g/mol. The first-order chi connectivity index (χ1) is 14.6. The van der Waals surface area contributed by atoms with Crippen LogP contribution in [0.1, 0.15) is 34.6 Å². The number of Topliss-reactive ketones (excluding diaryl/α,β-unsaturated/α-hetero) is 1. The Hall–Kier alpha value is -3.05. The molecule has 1 atom stereocenters. The number of aromatic nitrogens is 1. The molecule has 5 nitrogen and oxygen atoms in total. The molecule has 5 rings (SSSR count). The van der Waals surface area contributed by atoms with Crippen LogP contribution >= 0.6 is 0 Å². The van der Waals surface area contributed by atoms with E-state index in [-0.39, 0.29) is 18.5 Å². The molecule has 1 aliphatic heterocycles. The first-order valence-electron chi connectivity index (χ1n) is 10.5. The number of nitrogens with zero attached hydrogens (tertiary/aromatic N) is 1. The van der Waals surface area contributed by atoms with Gasteiger partial charge in [0.1, 0.15) is 16.9 Å². The van der Waals surface area contributed by atoms with Crippen molar-refractivity contribution in [1.82, 2.24) is 4.57 Å². The first kappa shape index (κ1) is 18.9. The van der Waals surface area contributed by atoms with Gasteiger partial charge in [-0.3, -0.25) is 4.79 Å². The van der Waals surface area contributed by atoms with Gasteiger partial charge in [0, 0.05) is 40.9 Å². The largest absolute Gasteiger partial charge is 0.485 e. The van der Waals surface area contributed by atoms with Crippen molar-refractivity contribution in [3.63, 3.8) is 0 Å². The fourth-order valence-electron chi connectivity index (χ4n) is 4.38. The van der Waals surface area contributed by atoms with Gasteiger partial charge in [-0.1, -0.05) is 18.2 Å². The second-order valence-electron chi connectivity index (χ2n) is 8.00. The molecule has 2 aromatic heterocycles. The quantitative estimate of drug-likeness (QED) is 0.402. The summed E-state index contributed by atoms with van der Waals surface area (Å²) in [6.45, 7) is 5.68. The van der Waals surface area contributed by atoms with Crippen LogP contribution in [0.15, 0.2) is 52.9 Å². The number of furan rings is 1. The number of hydrogen-bond acceptors (Lipinski definition) is 4. The van der Waals surface area contributed by atoms with Crippen molar-refractivity contribution in [2.75, 3.05) is 13.2 Å². The second-order valence-corrected chi connectivity index (χ2v) is 8.00. The Bertz CT molecular complexity index is 1230. The fraction of sp³-hybridized carbons (Fsp3) is 0.320. The number of fused-ring (bicyclic) bond motifs is 3. The number of carbonyl (C=O) groups excluding carboxylic acids is 1. The fourth-order valence-corrected chi connectivity index (χ4v) is 4.38. The number of rotatable bonds is 6. The van der Waals surface area contributed by atoms with Gasteiger partial charge in [0.2, 0.25) is 5.78 Å². The van der Waals surface area contributed by atoms with Crippen LogP contribution < -0.4 is 4.74 Å². The topological polar surface area (TPSA) is 53.6 Å². The van der Waals surface area contributed by atoms with Gasteiger partial charge in [-0.05, 0) is 57.0 Å². The Labute approximate surface area is 175 Å². The summed E-state index contributed by atoms with van der Waals surface area (Å²) in [6.07, 6.45) is 2.43. The molecule has 3 heterocycles. The van der Waals surface area contributed by atoms with E-state index in [2.05, 4.69) is 4.57 Å². The molecule has 0 amide bonds. The zero-order valence-electron chi connectivity index (χ0n) is 17.3. The third kappa shape index (κ3) is 3.39. The van der Waals surface area contributed by atoms with Crippen LogP contribution in [-0.4, -0.2) is 29.7 Å². The highest BCUT2D eigenvalue weighted by atomic mass is 16.5. The van der Waals surface area contributed by atoms with Crippen LogP contribution in [0.25, 0.3) is 21.9 Å². The molecule has 0 radical (unpaired) electrons. The lowest BCUT2D eigenvalue weighted by atomic mass is 10.1. The number of aryl methyl sites for hydroxylation is 1. The standard InChI is InChI=1S/C25H25NO4/c1-16-12-21(17(2)26(16)14-19-6-5-11-28-19)23(27)15-29-18-9-10-25-22(13-18)20-7-3-4-8-24(20)30-25/h3-4,7-10,12-13,19H,5-6,11,14-15H2,1-2H3/t19-/m1/s1. The third-order valence-corrected chi connectivity index (χ3v) is 6.00. The van der Waals surface area contributed by atoms with Gasteiger partial charge in [-0.15, -0.1) is 0 Å². The van der Waals surface area contributed by atoms with E-state index in [1.807, 2.05) is 62.4 Å². The molecule has 0 aliphatic carbocycles. The molecule has 0 spiro atoms. The van der Waals surface area contributed by atoms with Crippen LogP contribution in [0.3, 0.4) is 0 Å². The normalized spacial score (nSPS) is 16.5. The van der Waals surface area contributed by atoms with E-state index in [0.29, 0.717) is 5.75 Å². The van der Waals surface area contributed by atoms with E-state index in [9.17, 15) is 4.79 Å². The van der Waals surface area contributed by atoms with Gasteiger partial charge in [-0.25, -0.2) is 0 Å². The van der Waals surface area contributed by atoms with Gasteiger partial charge in [0.05, 0.1) is 6.10 Å². The lowest BCUT2D eigenvalue weighted by molar-refractivity contribution is 0.0914. The van der Waals surface area contributed by atoms with E-state index < -0.39 is 0 Å². The van der Waals surface area contributed by atoms with Gasteiger partial charge in [0.25, 0.3) is 0 Å². The van der Waals surface area contributed by atoms with Crippen molar-refractivity contribution < 1.29 is 18.7 Å². The van der Waals surface area contributed by atoms with E-state index in [0.717, 1.165) is 64.9 Å². The van der Waals surface area contributed by atoms with Crippen molar-refractivity contribution >= 4 is 27.7 Å². The minimum atomic E-state index is -0.0150. The zero-order chi connectivity index (χ0) is 20.7. The maximum absolute atomic E-state index is 12.9. The summed E-state index contributed by atoms with van der Waals surface area (Å²) < 4.78 is 19.7. The van der Waals surface area contributed by atoms with Crippen molar-refractivity contribution in [3.05, 3.63) is 65.5 Å². The highest BCUT2D eigenvalue weighted by molar-refractivity contribution is 6.05. The highest BCUT2D eigenvalue weighted by Gasteiger charge is 2.21. The minimum Gasteiger partial charge on any atom is -0.485 e. The monoisotopic (exact) mass is 403 g/mol. The third-order valence-electron chi connectivity index (χ3n) is 6.00. The molecule has 1 fully saturated rings. The smallest absolute Gasteiger partial charge is 0.202 e. The Morgan fingerprint density at radius 3 is 2.77 bits per heavy atom. The molecule has 30 heavy (non-hydrogen) atoms. The van der Waals surface area contributed by atoms with Gasteiger partial charge >= 0.3 is 0 Å². The predicted molar refractivity (Wildman–Crippen MR) is 116 cm³/mol. The molecule has 1 saturated heterocycles. The number of ether oxygens (including phenoxy) is 2. The van der Waals surface area contributed by atoms with Crippen molar-refractivity contribution in [3.8, 4) is 5.75 Å². The van der Waals surface area contributed by atoms with Crippen LogP contribution in [0.2, 0.25) is 0 Å². The summed E-state index contributed by atoms with van der Waals surface area (Å²) in [7, 11) is 0. The summed E-state index contributed by atoms with van der Waals surface area (Å²) >= 11 is 0. The van der Waals surface area contributed by atoms with E-state index in [1.165, 1.54) is 0 Å². The predicted octanol–water partition coefficient (Wildman–Crippen LogP) is 5.45. The molecule has 154 valence electrons. The van der Waals surface area contributed by atoms with Crippen molar-refractivity contribution in [1.29, 1.82) is 0 Å². The zero-order valence-corrected chi connectivity index (χ0v) is 17.3. The molecular formula is C25H25NO4. The number of ketones is 1. The van der Waals surface area contributed by atoms with Gasteiger partial charge in [-0.2, -0.15) is 0 Å². The molecule has 1 aliphatic rings. The number of para-hydroxylation sites is 1. The first-order valence-corrected chi connectivity index (χ1v) is 10.5. The molecule has 0 saturated carbocycles. The van der Waals surface area contributed by atoms with Crippen LogP contribution in [0.5, 0.6) is 5.75 Å². The maximum Gasteiger partial charge on any atom is 0.202 e. The summed E-state index contributed by atoms with van der Waals surface area (Å²) in [6, 6.07) is 15.6.